The molecule has 0 spiro atoms. The lowest BCUT2D eigenvalue weighted by molar-refractivity contribution is 0.656. The van der Waals surface area contributed by atoms with Gasteiger partial charge in [0, 0.05) is 18.5 Å². The van der Waals surface area contributed by atoms with E-state index >= 15 is 0 Å². The minimum atomic E-state index is 0. The van der Waals surface area contributed by atoms with Gasteiger partial charge in [-0.05, 0) is 37.6 Å². The lowest BCUT2D eigenvalue weighted by Gasteiger charge is -2.01. The normalized spacial score (nSPS) is 10.1. The van der Waals surface area contributed by atoms with Crippen LogP contribution in [0.15, 0.2) is 18.2 Å². The monoisotopic (exact) mass is 323 g/mol. The molecular formula is C13H20Cl3N3. The first-order valence-electron chi connectivity index (χ1n) is 6.03. The summed E-state index contributed by atoms with van der Waals surface area (Å²) in [4.78, 5) is 4.62. The van der Waals surface area contributed by atoms with Crippen LogP contribution < -0.4 is 5.73 Å². The van der Waals surface area contributed by atoms with Crippen LogP contribution in [0.2, 0.25) is 5.02 Å². The number of hydrogen-bond acceptors (Lipinski definition) is 2. The van der Waals surface area contributed by atoms with Crippen LogP contribution in [-0.4, -0.2) is 16.1 Å². The number of benzene rings is 1. The average molecular weight is 325 g/mol. The second-order valence-corrected chi connectivity index (χ2v) is 4.76. The van der Waals surface area contributed by atoms with Crippen molar-refractivity contribution in [2.45, 2.75) is 25.7 Å². The number of nitrogens with two attached hydrogens (primary N) is 1. The zero-order valence-electron chi connectivity index (χ0n) is 10.9. The minimum Gasteiger partial charge on any atom is -0.331 e. The van der Waals surface area contributed by atoms with Crippen LogP contribution in [0, 0.1) is 0 Å². The molecule has 0 bridgehead atoms. The molecule has 0 aliphatic carbocycles. The fraction of sp³-hybridized carbons (Fsp3) is 0.462. The number of nitrogens with zero attached hydrogens (tertiary/aromatic N) is 2. The van der Waals surface area contributed by atoms with Crippen LogP contribution >= 0.6 is 36.4 Å². The van der Waals surface area contributed by atoms with Gasteiger partial charge in [-0.2, -0.15) is 0 Å². The van der Waals surface area contributed by atoms with E-state index < -0.39 is 0 Å². The Bertz CT molecular complexity index is 511. The standard InChI is InChI=1S/C13H18ClN3.2ClH/c1-17-12-7-6-10(14)9-11(12)16-13(17)5-3-2-4-8-15;;/h6-7,9H,2-5,8,15H2,1H3;2*1H. The van der Waals surface area contributed by atoms with E-state index in [0.29, 0.717) is 0 Å². The van der Waals surface area contributed by atoms with Gasteiger partial charge in [-0.1, -0.05) is 18.0 Å². The molecule has 0 saturated heterocycles. The molecule has 2 N–H and O–H groups in total. The minimum absolute atomic E-state index is 0. The van der Waals surface area contributed by atoms with Crippen molar-refractivity contribution in [2.24, 2.45) is 12.8 Å². The molecule has 108 valence electrons. The number of aryl methyl sites for hydroxylation is 2. The first-order chi connectivity index (χ1) is 8.22. The van der Waals surface area contributed by atoms with Gasteiger partial charge in [0.1, 0.15) is 5.82 Å². The van der Waals surface area contributed by atoms with E-state index in [1.807, 2.05) is 18.2 Å². The molecule has 1 aromatic carbocycles. The molecule has 2 rings (SSSR count). The van der Waals surface area contributed by atoms with Crippen LogP contribution in [0.25, 0.3) is 11.0 Å². The number of fused-ring (bicyclic) bond motifs is 1. The first kappa shape index (κ1) is 18.5. The van der Waals surface area contributed by atoms with Crippen molar-refractivity contribution in [1.82, 2.24) is 9.55 Å². The van der Waals surface area contributed by atoms with Crippen molar-refractivity contribution in [3.63, 3.8) is 0 Å². The lowest BCUT2D eigenvalue weighted by atomic mass is 10.2. The van der Waals surface area contributed by atoms with Gasteiger partial charge in [-0.3, -0.25) is 0 Å². The van der Waals surface area contributed by atoms with E-state index in [1.165, 1.54) is 6.42 Å². The van der Waals surface area contributed by atoms with Gasteiger partial charge in [0.25, 0.3) is 0 Å². The van der Waals surface area contributed by atoms with Crippen molar-refractivity contribution in [3.8, 4) is 0 Å². The summed E-state index contributed by atoms with van der Waals surface area (Å²) in [5.74, 6) is 1.12. The van der Waals surface area contributed by atoms with E-state index in [2.05, 4.69) is 16.6 Å². The Labute approximate surface area is 131 Å². The zero-order chi connectivity index (χ0) is 12.3. The van der Waals surface area contributed by atoms with Gasteiger partial charge in [0.15, 0.2) is 0 Å². The van der Waals surface area contributed by atoms with E-state index in [1.54, 1.807) is 0 Å². The highest BCUT2D eigenvalue weighted by Gasteiger charge is 2.07. The van der Waals surface area contributed by atoms with Crippen molar-refractivity contribution in [2.75, 3.05) is 6.54 Å². The van der Waals surface area contributed by atoms with E-state index in [-0.39, 0.29) is 24.8 Å². The number of aromatic nitrogens is 2. The Kier molecular flexibility index (Phi) is 8.42. The maximum atomic E-state index is 5.96. The number of imidazole rings is 1. The highest BCUT2D eigenvalue weighted by atomic mass is 35.5. The number of halogens is 3. The molecule has 0 aliphatic heterocycles. The highest BCUT2D eigenvalue weighted by Crippen LogP contribution is 2.20. The second-order valence-electron chi connectivity index (χ2n) is 4.32. The van der Waals surface area contributed by atoms with Crippen LogP contribution in [0.4, 0.5) is 0 Å². The van der Waals surface area contributed by atoms with Crippen molar-refractivity contribution >= 4 is 47.4 Å². The van der Waals surface area contributed by atoms with E-state index in [9.17, 15) is 0 Å². The van der Waals surface area contributed by atoms with Gasteiger partial charge in [0.05, 0.1) is 11.0 Å². The van der Waals surface area contributed by atoms with Gasteiger partial charge in [-0.25, -0.2) is 4.98 Å². The molecule has 1 heterocycles. The number of unbranched alkanes of at least 4 members (excludes halogenated alkanes) is 2. The Morgan fingerprint density at radius 2 is 1.95 bits per heavy atom. The predicted octanol–water partition coefficient (Wildman–Crippen LogP) is 3.74. The SMILES string of the molecule is Cl.Cl.Cn1c(CCCCCN)nc2cc(Cl)ccc21. The zero-order valence-corrected chi connectivity index (χ0v) is 13.3. The summed E-state index contributed by atoms with van der Waals surface area (Å²) >= 11 is 5.96. The van der Waals surface area contributed by atoms with Gasteiger partial charge >= 0.3 is 0 Å². The van der Waals surface area contributed by atoms with Crippen molar-refractivity contribution in [1.29, 1.82) is 0 Å². The fourth-order valence-corrected chi connectivity index (χ4v) is 2.22. The summed E-state index contributed by atoms with van der Waals surface area (Å²) in [6.07, 6.45) is 4.40. The van der Waals surface area contributed by atoms with Gasteiger partial charge in [-0.15, -0.1) is 24.8 Å². The Hall–Kier alpha value is -0.480. The predicted molar refractivity (Wildman–Crippen MR) is 86.8 cm³/mol. The van der Waals surface area contributed by atoms with Crippen molar-refractivity contribution in [3.05, 3.63) is 29.0 Å². The highest BCUT2D eigenvalue weighted by molar-refractivity contribution is 6.31. The molecule has 0 saturated carbocycles. The van der Waals surface area contributed by atoms with E-state index in [4.69, 9.17) is 17.3 Å². The number of hydrogen-bond donors (Lipinski definition) is 1. The molecular weight excluding hydrogens is 305 g/mol. The van der Waals surface area contributed by atoms with Crippen LogP contribution in [0.3, 0.4) is 0 Å². The summed E-state index contributed by atoms with van der Waals surface area (Å²) in [5, 5.41) is 0.741. The molecule has 0 aliphatic rings. The third kappa shape index (κ3) is 4.53. The van der Waals surface area contributed by atoms with Gasteiger partial charge in [0.2, 0.25) is 0 Å². The topological polar surface area (TPSA) is 43.8 Å². The van der Waals surface area contributed by atoms with Crippen LogP contribution in [0.1, 0.15) is 25.1 Å². The third-order valence-electron chi connectivity index (χ3n) is 3.04. The molecule has 6 heteroatoms. The van der Waals surface area contributed by atoms with Crippen LogP contribution in [-0.2, 0) is 13.5 Å². The maximum absolute atomic E-state index is 5.96. The molecule has 0 amide bonds. The molecule has 0 unspecified atom stereocenters. The van der Waals surface area contributed by atoms with Gasteiger partial charge < -0.3 is 10.3 Å². The summed E-state index contributed by atoms with van der Waals surface area (Å²) < 4.78 is 2.15. The molecule has 0 atom stereocenters. The largest absolute Gasteiger partial charge is 0.331 e. The van der Waals surface area contributed by atoms with Crippen molar-refractivity contribution < 1.29 is 0 Å². The maximum Gasteiger partial charge on any atom is 0.109 e. The summed E-state index contributed by atoms with van der Waals surface area (Å²) in [6.45, 7) is 0.776. The Morgan fingerprint density at radius 3 is 2.63 bits per heavy atom. The summed E-state index contributed by atoms with van der Waals surface area (Å²) in [5.41, 5.74) is 7.60. The molecule has 1 aromatic heterocycles. The smallest absolute Gasteiger partial charge is 0.109 e. The molecule has 0 radical (unpaired) electrons. The quantitative estimate of drug-likeness (QED) is 0.851. The lowest BCUT2D eigenvalue weighted by Crippen LogP contribution is -2.01. The summed E-state index contributed by atoms with van der Waals surface area (Å²) in [6, 6.07) is 5.85. The Balaban J connectivity index is 0.00000162. The first-order valence-corrected chi connectivity index (χ1v) is 6.41. The average Bonchev–Trinajstić information content (AvgIpc) is 2.61. The van der Waals surface area contributed by atoms with E-state index in [0.717, 1.165) is 47.7 Å². The molecule has 0 fully saturated rings. The molecule has 3 nitrogen and oxygen atoms in total. The fourth-order valence-electron chi connectivity index (χ4n) is 2.05. The second kappa shape index (κ2) is 8.64. The molecule has 19 heavy (non-hydrogen) atoms. The van der Waals surface area contributed by atoms with Crippen LogP contribution in [0.5, 0.6) is 0 Å². The summed E-state index contributed by atoms with van der Waals surface area (Å²) in [7, 11) is 2.06. The Morgan fingerprint density at radius 1 is 1.21 bits per heavy atom. The third-order valence-corrected chi connectivity index (χ3v) is 3.28. The number of rotatable bonds is 5. The molecule has 2 aromatic rings.